The van der Waals surface area contributed by atoms with E-state index in [0.29, 0.717) is 31.9 Å². The summed E-state index contributed by atoms with van der Waals surface area (Å²) in [5.74, 6) is 5.89. The number of nitrogens with zero attached hydrogens (tertiary/aromatic N) is 1. The van der Waals surface area contributed by atoms with Crippen molar-refractivity contribution in [1.29, 1.82) is 0 Å². The zero-order valence-corrected chi connectivity index (χ0v) is 12.9. The largest absolute Gasteiger partial charge is 0.377 e. The van der Waals surface area contributed by atoms with Crippen LogP contribution in [0.1, 0.15) is 35.3 Å². The lowest BCUT2D eigenvalue weighted by Crippen LogP contribution is -2.55. The molecule has 1 amide bonds. The number of rotatable bonds is 1. The fraction of sp³-hybridized carbons (Fsp3) is 0.471. The van der Waals surface area contributed by atoms with Crippen LogP contribution < -0.4 is 5.73 Å². The first kappa shape index (κ1) is 15.6. The predicted molar refractivity (Wildman–Crippen MR) is 83.0 cm³/mol. The van der Waals surface area contributed by atoms with Crippen LogP contribution in [0.4, 0.5) is 0 Å². The van der Waals surface area contributed by atoms with Crippen molar-refractivity contribution >= 4 is 5.91 Å². The second kappa shape index (κ2) is 6.30. The van der Waals surface area contributed by atoms with Gasteiger partial charge in [-0.3, -0.25) is 4.79 Å². The quantitative estimate of drug-likeness (QED) is 0.797. The minimum Gasteiger partial charge on any atom is -0.377 e. The fourth-order valence-electron chi connectivity index (χ4n) is 2.43. The van der Waals surface area contributed by atoms with Crippen LogP contribution in [-0.4, -0.2) is 42.6 Å². The zero-order valence-electron chi connectivity index (χ0n) is 12.9. The van der Waals surface area contributed by atoms with Gasteiger partial charge in [-0.05, 0) is 38.5 Å². The number of amides is 1. The number of carbonyl (C=O) groups is 1. The molecule has 1 aliphatic rings. The molecule has 0 atom stereocenters. The van der Waals surface area contributed by atoms with E-state index in [9.17, 15) is 4.79 Å². The van der Waals surface area contributed by atoms with Crippen LogP contribution in [0.5, 0.6) is 0 Å². The summed E-state index contributed by atoms with van der Waals surface area (Å²) in [6.45, 7) is 8.09. The molecule has 0 spiro atoms. The van der Waals surface area contributed by atoms with Crippen molar-refractivity contribution in [3.8, 4) is 11.8 Å². The van der Waals surface area contributed by atoms with Crippen molar-refractivity contribution in [2.45, 2.75) is 26.3 Å². The normalized spacial score (nSPS) is 17.0. The van der Waals surface area contributed by atoms with Crippen LogP contribution in [0.25, 0.3) is 0 Å². The molecule has 1 fully saturated rings. The van der Waals surface area contributed by atoms with E-state index < -0.39 is 0 Å². The molecule has 2 N–H and O–H groups in total. The third-order valence-corrected chi connectivity index (χ3v) is 3.70. The van der Waals surface area contributed by atoms with E-state index in [1.54, 1.807) is 0 Å². The van der Waals surface area contributed by atoms with Gasteiger partial charge in [0.25, 0.3) is 5.91 Å². The lowest BCUT2D eigenvalue weighted by atomic mass is 9.99. The van der Waals surface area contributed by atoms with E-state index >= 15 is 0 Å². The highest BCUT2D eigenvalue weighted by molar-refractivity contribution is 5.95. The van der Waals surface area contributed by atoms with Gasteiger partial charge in [0.1, 0.15) is 0 Å². The first-order chi connectivity index (χ1) is 9.95. The van der Waals surface area contributed by atoms with Gasteiger partial charge in [-0.1, -0.05) is 17.9 Å². The molecule has 21 heavy (non-hydrogen) atoms. The summed E-state index contributed by atoms with van der Waals surface area (Å²) >= 11 is 0. The molecule has 4 heteroatoms. The number of ether oxygens (including phenoxy) is 1. The number of hydrogen-bond acceptors (Lipinski definition) is 3. The molecule has 0 radical (unpaired) electrons. The number of carbonyl (C=O) groups excluding carboxylic acids is 1. The van der Waals surface area contributed by atoms with E-state index in [-0.39, 0.29) is 11.4 Å². The minimum atomic E-state index is -0.288. The molecule has 1 heterocycles. The van der Waals surface area contributed by atoms with Gasteiger partial charge in [-0.25, -0.2) is 0 Å². The maximum Gasteiger partial charge on any atom is 0.254 e. The Balaban J connectivity index is 2.31. The molecule has 1 aliphatic heterocycles. The molecule has 2 rings (SSSR count). The highest BCUT2D eigenvalue weighted by Gasteiger charge is 2.34. The first-order valence-electron chi connectivity index (χ1n) is 7.15. The summed E-state index contributed by atoms with van der Waals surface area (Å²) in [5.41, 5.74) is 7.70. The highest BCUT2D eigenvalue weighted by Crippen LogP contribution is 2.22. The van der Waals surface area contributed by atoms with Gasteiger partial charge in [0.15, 0.2) is 0 Å². The standard InChI is InChI=1S/C17H22N2O2/c1-13-6-7-15(11-14(13)5-4-8-18)16(20)19-9-10-21-12-17(19,2)3/h6-7,11H,8-10,12,18H2,1-3H3. The molecule has 112 valence electrons. The van der Waals surface area contributed by atoms with E-state index in [2.05, 4.69) is 11.8 Å². The average Bonchev–Trinajstić information content (AvgIpc) is 2.45. The van der Waals surface area contributed by atoms with Gasteiger partial charge < -0.3 is 15.4 Å². The van der Waals surface area contributed by atoms with Crippen LogP contribution in [0, 0.1) is 18.8 Å². The minimum absolute atomic E-state index is 0.0269. The van der Waals surface area contributed by atoms with Crippen LogP contribution >= 0.6 is 0 Å². The number of aryl methyl sites for hydroxylation is 1. The Morgan fingerprint density at radius 1 is 1.48 bits per heavy atom. The summed E-state index contributed by atoms with van der Waals surface area (Å²) in [7, 11) is 0. The lowest BCUT2D eigenvalue weighted by molar-refractivity contribution is -0.0370. The van der Waals surface area contributed by atoms with Crippen LogP contribution in [0.2, 0.25) is 0 Å². The van der Waals surface area contributed by atoms with E-state index in [0.717, 1.165) is 11.1 Å². The molecule has 1 aromatic rings. The topological polar surface area (TPSA) is 55.6 Å². The summed E-state index contributed by atoms with van der Waals surface area (Å²) < 4.78 is 5.47. The predicted octanol–water partition coefficient (Wildman–Crippen LogP) is 1.56. The summed E-state index contributed by atoms with van der Waals surface area (Å²) in [4.78, 5) is 14.6. The highest BCUT2D eigenvalue weighted by atomic mass is 16.5. The van der Waals surface area contributed by atoms with Crippen molar-refractivity contribution in [3.63, 3.8) is 0 Å². The number of morpholine rings is 1. The Bertz CT molecular complexity index is 597. The maximum atomic E-state index is 12.8. The third-order valence-electron chi connectivity index (χ3n) is 3.70. The SMILES string of the molecule is Cc1ccc(C(=O)N2CCOCC2(C)C)cc1C#CCN. The van der Waals surface area contributed by atoms with Crippen LogP contribution in [0.15, 0.2) is 18.2 Å². The Morgan fingerprint density at radius 3 is 2.90 bits per heavy atom. The van der Waals surface area contributed by atoms with Gasteiger partial charge in [0.05, 0.1) is 25.3 Å². The Morgan fingerprint density at radius 2 is 2.24 bits per heavy atom. The second-order valence-electron chi connectivity index (χ2n) is 5.86. The molecule has 4 nitrogen and oxygen atoms in total. The Kier molecular flexibility index (Phi) is 4.66. The molecule has 0 aromatic heterocycles. The first-order valence-corrected chi connectivity index (χ1v) is 7.15. The molecule has 0 aliphatic carbocycles. The monoisotopic (exact) mass is 286 g/mol. The van der Waals surface area contributed by atoms with Crippen molar-refractivity contribution in [2.24, 2.45) is 5.73 Å². The number of hydrogen-bond donors (Lipinski definition) is 1. The van der Waals surface area contributed by atoms with Crippen molar-refractivity contribution in [2.75, 3.05) is 26.3 Å². The number of nitrogens with two attached hydrogens (primary N) is 1. The van der Waals surface area contributed by atoms with Gasteiger partial charge in [-0.15, -0.1) is 0 Å². The fourth-order valence-corrected chi connectivity index (χ4v) is 2.43. The van der Waals surface area contributed by atoms with Gasteiger partial charge in [0, 0.05) is 17.7 Å². The van der Waals surface area contributed by atoms with Crippen molar-refractivity contribution < 1.29 is 9.53 Å². The van der Waals surface area contributed by atoms with Crippen molar-refractivity contribution in [1.82, 2.24) is 4.90 Å². The molecular formula is C17H22N2O2. The second-order valence-corrected chi connectivity index (χ2v) is 5.86. The van der Waals surface area contributed by atoms with Crippen molar-refractivity contribution in [3.05, 3.63) is 34.9 Å². The zero-order chi connectivity index (χ0) is 15.5. The molecule has 0 bridgehead atoms. The van der Waals surface area contributed by atoms with Crippen LogP contribution in [-0.2, 0) is 4.74 Å². The summed E-state index contributed by atoms with van der Waals surface area (Å²) in [5, 5.41) is 0. The summed E-state index contributed by atoms with van der Waals surface area (Å²) in [6.07, 6.45) is 0. The molecule has 0 unspecified atom stereocenters. The number of benzene rings is 1. The van der Waals surface area contributed by atoms with Gasteiger partial charge in [-0.2, -0.15) is 0 Å². The smallest absolute Gasteiger partial charge is 0.254 e. The Labute approximate surface area is 126 Å². The van der Waals surface area contributed by atoms with E-state index in [4.69, 9.17) is 10.5 Å². The molecular weight excluding hydrogens is 264 g/mol. The lowest BCUT2D eigenvalue weighted by Gasteiger charge is -2.42. The van der Waals surface area contributed by atoms with Gasteiger partial charge in [0.2, 0.25) is 0 Å². The van der Waals surface area contributed by atoms with E-state index in [1.807, 2.05) is 43.9 Å². The average molecular weight is 286 g/mol. The Hall–Kier alpha value is -1.83. The van der Waals surface area contributed by atoms with Crippen LogP contribution in [0.3, 0.4) is 0 Å². The third kappa shape index (κ3) is 3.44. The molecule has 1 saturated heterocycles. The molecule has 0 saturated carbocycles. The maximum absolute atomic E-state index is 12.8. The summed E-state index contributed by atoms with van der Waals surface area (Å²) in [6, 6.07) is 5.64. The molecule has 1 aromatic carbocycles. The van der Waals surface area contributed by atoms with Gasteiger partial charge >= 0.3 is 0 Å². The van der Waals surface area contributed by atoms with E-state index in [1.165, 1.54) is 0 Å².